The summed E-state index contributed by atoms with van der Waals surface area (Å²) < 4.78 is 5.17. The van der Waals surface area contributed by atoms with Crippen LogP contribution in [-0.2, 0) is 6.42 Å². The highest BCUT2D eigenvalue weighted by molar-refractivity contribution is 5.27. The molecule has 1 aromatic rings. The summed E-state index contributed by atoms with van der Waals surface area (Å²) in [4.78, 5) is 4.23. The van der Waals surface area contributed by atoms with E-state index < -0.39 is 0 Å². The lowest BCUT2D eigenvalue weighted by Gasteiger charge is -2.10. The van der Waals surface area contributed by atoms with Crippen molar-refractivity contribution in [2.45, 2.75) is 25.8 Å². The third-order valence-electron chi connectivity index (χ3n) is 2.05. The van der Waals surface area contributed by atoms with Gasteiger partial charge in [0, 0.05) is 18.7 Å². The molecule has 0 aromatic carbocycles. The molecule has 1 unspecified atom stereocenters. The van der Waals surface area contributed by atoms with Gasteiger partial charge in [-0.05, 0) is 18.6 Å². The number of hydrogen-bond acceptors (Lipinski definition) is 3. The molecule has 0 bridgehead atoms. The van der Waals surface area contributed by atoms with Crippen LogP contribution in [-0.4, -0.2) is 18.1 Å². The number of ether oxygens (including phenoxy) is 1. The van der Waals surface area contributed by atoms with E-state index in [1.165, 1.54) is 0 Å². The van der Waals surface area contributed by atoms with Crippen molar-refractivity contribution in [2.24, 2.45) is 5.73 Å². The smallest absolute Gasteiger partial charge is 0.140 e. The summed E-state index contributed by atoms with van der Waals surface area (Å²) >= 11 is 0. The van der Waals surface area contributed by atoms with Crippen LogP contribution in [0.5, 0.6) is 5.75 Å². The summed E-state index contributed by atoms with van der Waals surface area (Å²) in [7, 11) is 1.65. The molecule has 0 spiro atoms. The molecule has 0 aliphatic rings. The topological polar surface area (TPSA) is 48.1 Å². The van der Waals surface area contributed by atoms with E-state index in [-0.39, 0.29) is 6.04 Å². The molecule has 3 nitrogen and oxygen atoms in total. The molecule has 0 saturated heterocycles. The maximum Gasteiger partial charge on any atom is 0.140 e. The number of hydrogen-bond donors (Lipinski definition) is 1. The predicted molar refractivity (Wildman–Crippen MR) is 52.8 cm³/mol. The van der Waals surface area contributed by atoms with Crippen LogP contribution in [0, 0.1) is 0 Å². The van der Waals surface area contributed by atoms with Crippen LogP contribution in [0.15, 0.2) is 18.3 Å². The molecule has 0 aliphatic heterocycles. The van der Waals surface area contributed by atoms with E-state index in [2.05, 4.69) is 11.9 Å². The van der Waals surface area contributed by atoms with Crippen molar-refractivity contribution in [3.8, 4) is 5.75 Å². The first kappa shape index (κ1) is 9.99. The van der Waals surface area contributed by atoms with Crippen LogP contribution < -0.4 is 10.5 Å². The summed E-state index contributed by atoms with van der Waals surface area (Å²) in [6.07, 6.45) is 3.50. The Morgan fingerprint density at radius 1 is 1.62 bits per heavy atom. The first-order valence-electron chi connectivity index (χ1n) is 4.51. The van der Waals surface area contributed by atoms with Gasteiger partial charge in [0.25, 0.3) is 0 Å². The summed E-state index contributed by atoms with van der Waals surface area (Å²) in [6, 6.07) is 3.94. The Hall–Kier alpha value is -1.09. The molecule has 0 saturated carbocycles. The largest absolute Gasteiger partial charge is 0.495 e. The van der Waals surface area contributed by atoms with Gasteiger partial charge in [0.2, 0.25) is 0 Å². The number of aromatic nitrogens is 1. The molecule has 0 amide bonds. The van der Waals surface area contributed by atoms with Gasteiger partial charge >= 0.3 is 0 Å². The van der Waals surface area contributed by atoms with Gasteiger partial charge in [-0.3, -0.25) is 4.98 Å². The summed E-state index contributed by atoms with van der Waals surface area (Å²) in [5, 5.41) is 0. The fourth-order valence-corrected chi connectivity index (χ4v) is 1.16. The average molecular weight is 180 g/mol. The fraction of sp³-hybridized carbons (Fsp3) is 0.500. The molecule has 1 heterocycles. The van der Waals surface area contributed by atoms with Crippen molar-refractivity contribution in [2.75, 3.05) is 7.11 Å². The lowest BCUT2D eigenvalue weighted by molar-refractivity contribution is 0.404. The van der Waals surface area contributed by atoms with Gasteiger partial charge in [-0.25, -0.2) is 0 Å². The Morgan fingerprint density at radius 2 is 2.38 bits per heavy atom. The molecular weight excluding hydrogens is 164 g/mol. The molecule has 72 valence electrons. The van der Waals surface area contributed by atoms with Crippen molar-refractivity contribution in [3.05, 3.63) is 24.0 Å². The monoisotopic (exact) mass is 180 g/mol. The van der Waals surface area contributed by atoms with Crippen LogP contribution in [0.25, 0.3) is 0 Å². The number of nitrogens with two attached hydrogens (primary N) is 1. The van der Waals surface area contributed by atoms with Gasteiger partial charge in [-0.2, -0.15) is 0 Å². The van der Waals surface area contributed by atoms with E-state index in [1.807, 2.05) is 12.1 Å². The number of nitrogens with zero attached hydrogens (tertiary/aromatic N) is 1. The van der Waals surface area contributed by atoms with E-state index in [0.717, 1.165) is 24.3 Å². The average Bonchev–Trinajstić information content (AvgIpc) is 2.18. The van der Waals surface area contributed by atoms with Crippen molar-refractivity contribution in [3.63, 3.8) is 0 Å². The SMILES string of the molecule is CCC(N)Cc1ncccc1OC. The summed E-state index contributed by atoms with van der Waals surface area (Å²) in [6.45, 7) is 2.07. The highest BCUT2D eigenvalue weighted by atomic mass is 16.5. The zero-order valence-electron chi connectivity index (χ0n) is 8.16. The second-order valence-corrected chi connectivity index (χ2v) is 3.02. The maximum atomic E-state index is 5.83. The van der Waals surface area contributed by atoms with E-state index in [9.17, 15) is 0 Å². The molecule has 3 heteroatoms. The minimum absolute atomic E-state index is 0.170. The van der Waals surface area contributed by atoms with Crippen molar-refractivity contribution in [1.29, 1.82) is 0 Å². The Kier molecular flexibility index (Phi) is 3.71. The van der Waals surface area contributed by atoms with Crippen molar-refractivity contribution in [1.82, 2.24) is 4.98 Å². The lowest BCUT2D eigenvalue weighted by atomic mass is 10.1. The zero-order chi connectivity index (χ0) is 9.68. The van der Waals surface area contributed by atoms with E-state index in [4.69, 9.17) is 10.5 Å². The third kappa shape index (κ3) is 2.70. The van der Waals surface area contributed by atoms with Gasteiger partial charge in [0.15, 0.2) is 0 Å². The highest BCUT2D eigenvalue weighted by Gasteiger charge is 2.07. The second kappa shape index (κ2) is 4.82. The molecule has 0 fully saturated rings. The van der Waals surface area contributed by atoms with Crippen LogP contribution in [0.2, 0.25) is 0 Å². The van der Waals surface area contributed by atoms with E-state index in [1.54, 1.807) is 13.3 Å². The molecular formula is C10H16N2O. The van der Waals surface area contributed by atoms with Gasteiger partial charge < -0.3 is 10.5 Å². The van der Waals surface area contributed by atoms with Gasteiger partial charge in [0.1, 0.15) is 5.75 Å². The minimum atomic E-state index is 0.170. The third-order valence-corrected chi connectivity index (χ3v) is 2.05. The number of methoxy groups -OCH3 is 1. The fourth-order valence-electron chi connectivity index (χ4n) is 1.16. The van der Waals surface area contributed by atoms with Crippen LogP contribution in [0.4, 0.5) is 0 Å². The molecule has 1 rings (SSSR count). The Bertz CT molecular complexity index is 263. The Morgan fingerprint density at radius 3 is 3.00 bits per heavy atom. The van der Waals surface area contributed by atoms with Crippen molar-refractivity contribution >= 4 is 0 Å². The standard InChI is InChI=1S/C10H16N2O/c1-3-8(11)7-9-10(13-2)5-4-6-12-9/h4-6,8H,3,7,11H2,1-2H3. The second-order valence-electron chi connectivity index (χ2n) is 3.02. The Labute approximate surface area is 78.9 Å². The molecule has 2 N–H and O–H groups in total. The predicted octanol–water partition coefficient (Wildman–Crippen LogP) is 1.37. The van der Waals surface area contributed by atoms with Gasteiger partial charge in [-0.15, -0.1) is 0 Å². The van der Waals surface area contributed by atoms with Crippen molar-refractivity contribution < 1.29 is 4.74 Å². The van der Waals surface area contributed by atoms with Crippen LogP contribution in [0.1, 0.15) is 19.0 Å². The quantitative estimate of drug-likeness (QED) is 0.761. The summed E-state index contributed by atoms with van der Waals surface area (Å²) in [5.41, 5.74) is 6.78. The molecule has 1 aromatic heterocycles. The van der Waals surface area contributed by atoms with Crippen LogP contribution in [0.3, 0.4) is 0 Å². The number of pyridine rings is 1. The maximum absolute atomic E-state index is 5.83. The highest BCUT2D eigenvalue weighted by Crippen LogP contribution is 2.16. The minimum Gasteiger partial charge on any atom is -0.495 e. The summed E-state index contributed by atoms with van der Waals surface area (Å²) in [5.74, 6) is 0.825. The normalized spacial score (nSPS) is 12.5. The number of rotatable bonds is 4. The zero-order valence-corrected chi connectivity index (χ0v) is 8.16. The first-order chi connectivity index (χ1) is 6.27. The molecule has 13 heavy (non-hydrogen) atoms. The Balaban J connectivity index is 2.74. The van der Waals surface area contributed by atoms with E-state index >= 15 is 0 Å². The molecule has 0 aliphatic carbocycles. The van der Waals surface area contributed by atoms with Gasteiger partial charge in [0.05, 0.1) is 12.8 Å². The molecule has 0 radical (unpaired) electrons. The lowest BCUT2D eigenvalue weighted by Crippen LogP contribution is -2.22. The first-order valence-corrected chi connectivity index (χ1v) is 4.51. The van der Waals surface area contributed by atoms with E-state index in [0.29, 0.717) is 0 Å². The van der Waals surface area contributed by atoms with Gasteiger partial charge in [-0.1, -0.05) is 6.92 Å². The van der Waals surface area contributed by atoms with Crippen LogP contribution >= 0.6 is 0 Å². The molecule has 1 atom stereocenters.